The van der Waals surface area contributed by atoms with E-state index in [-0.39, 0.29) is 5.82 Å². The maximum atomic E-state index is 12.8. The molecule has 0 fully saturated rings. The molecule has 3 aromatic rings. The first-order valence-electron chi connectivity index (χ1n) is 7.40. The van der Waals surface area contributed by atoms with E-state index in [9.17, 15) is 4.39 Å². The lowest BCUT2D eigenvalue weighted by atomic mass is 10.3. The fourth-order valence-electron chi connectivity index (χ4n) is 1.85. The van der Waals surface area contributed by atoms with Gasteiger partial charge < -0.3 is 14.5 Å². The molecule has 0 aliphatic heterocycles. The number of hydrogen-bond donors (Lipinski definition) is 1. The highest BCUT2D eigenvalue weighted by atomic mass is 32.2. The van der Waals surface area contributed by atoms with Gasteiger partial charge in [0.05, 0.1) is 19.4 Å². The summed E-state index contributed by atoms with van der Waals surface area (Å²) in [6, 6.07) is 9.80. The average molecular weight is 365 g/mol. The van der Waals surface area contributed by atoms with Gasteiger partial charge in [-0.2, -0.15) is 0 Å². The number of nitrogens with one attached hydrogen (secondary N) is 1. The van der Waals surface area contributed by atoms with Crippen LogP contribution in [0, 0.1) is 5.82 Å². The summed E-state index contributed by atoms with van der Waals surface area (Å²) in [5.74, 6) is 2.17. The molecular weight excluding hydrogens is 349 g/mol. The molecule has 0 aliphatic rings. The monoisotopic (exact) mass is 365 g/mol. The molecule has 0 amide bonds. The molecule has 0 atom stereocenters. The molecule has 0 spiro atoms. The molecule has 5 nitrogen and oxygen atoms in total. The van der Waals surface area contributed by atoms with Crippen molar-refractivity contribution >= 4 is 28.2 Å². The fourth-order valence-corrected chi connectivity index (χ4v) is 3.59. The Morgan fingerprint density at radius 2 is 2.08 bits per heavy atom. The standard InChI is InChI=1S/C16H16FN3O2S2/c17-12-4-6-13(7-5-12)21-9-2-10-23-16-20-19-15(24-16)18-11-14-3-1-8-22-14/h1,3-8H,2,9-11H2,(H,18,19). The van der Waals surface area contributed by atoms with Gasteiger partial charge >= 0.3 is 0 Å². The number of nitrogens with zero attached hydrogens (tertiary/aromatic N) is 2. The third-order valence-corrected chi connectivity index (χ3v) is 5.10. The van der Waals surface area contributed by atoms with Crippen LogP contribution in [0.5, 0.6) is 5.75 Å². The van der Waals surface area contributed by atoms with Crippen molar-refractivity contribution in [2.45, 2.75) is 17.3 Å². The van der Waals surface area contributed by atoms with E-state index >= 15 is 0 Å². The molecule has 8 heteroatoms. The van der Waals surface area contributed by atoms with Gasteiger partial charge in [0.15, 0.2) is 4.34 Å². The topological polar surface area (TPSA) is 60.2 Å². The highest BCUT2D eigenvalue weighted by Gasteiger charge is 2.05. The lowest BCUT2D eigenvalue weighted by Gasteiger charge is -2.04. The zero-order valence-corrected chi connectivity index (χ0v) is 14.4. The molecule has 0 aliphatic carbocycles. The van der Waals surface area contributed by atoms with Crippen molar-refractivity contribution in [2.75, 3.05) is 17.7 Å². The summed E-state index contributed by atoms with van der Waals surface area (Å²) in [5, 5.41) is 12.2. The van der Waals surface area contributed by atoms with E-state index in [0.29, 0.717) is 18.9 Å². The minimum absolute atomic E-state index is 0.259. The normalized spacial score (nSPS) is 10.7. The van der Waals surface area contributed by atoms with E-state index in [1.165, 1.54) is 23.5 Å². The first-order chi connectivity index (χ1) is 11.8. The second-order valence-corrected chi connectivity index (χ2v) is 7.13. The molecule has 2 heterocycles. The summed E-state index contributed by atoms with van der Waals surface area (Å²) < 4.78 is 24.5. The van der Waals surface area contributed by atoms with Gasteiger partial charge in [-0.3, -0.25) is 0 Å². The minimum atomic E-state index is -0.259. The lowest BCUT2D eigenvalue weighted by molar-refractivity contribution is 0.318. The molecular formula is C16H16FN3O2S2. The van der Waals surface area contributed by atoms with E-state index in [1.54, 1.807) is 30.2 Å². The van der Waals surface area contributed by atoms with E-state index in [1.807, 2.05) is 12.1 Å². The Labute approximate surface area is 147 Å². The molecule has 1 aromatic carbocycles. The highest BCUT2D eigenvalue weighted by Crippen LogP contribution is 2.26. The Morgan fingerprint density at radius 1 is 1.21 bits per heavy atom. The molecule has 24 heavy (non-hydrogen) atoms. The fraction of sp³-hybridized carbons (Fsp3) is 0.250. The Hall–Kier alpha value is -2.06. The van der Waals surface area contributed by atoms with Gasteiger partial charge in [0, 0.05) is 5.75 Å². The number of thioether (sulfide) groups is 1. The van der Waals surface area contributed by atoms with Crippen molar-refractivity contribution in [1.29, 1.82) is 0 Å². The van der Waals surface area contributed by atoms with E-state index in [2.05, 4.69) is 15.5 Å². The first kappa shape index (κ1) is 16.8. The predicted octanol–water partition coefficient (Wildman–Crippen LogP) is 4.44. The quantitative estimate of drug-likeness (QED) is 0.447. The molecule has 0 bridgehead atoms. The number of halogens is 1. The van der Waals surface area contributed by atoms with Gasteiger partial charge in [-0.05, 0) is 42.8 Å². The van der Waals surface area contributed by atoms with Crippen molar-refractivity contribution in [3.63, 3.8) is 0 Å². The summed E-state index contributed by atoms with van der Waals surface area (Å²) in [4.78, 5) is 0. The van der Waals surface area contributed by atoms with Crippen LogP contribution in [0.25, 0.3) is 0 Å². The van der Waals surface area contributed by atoms with Crippen LogP contribution in [0.3, 0.4) is 0 Å². The van der Waals surface area contributed by atoms with Crippen LogP contribution in [0.15, 0.2) is 51.4 Å². The van der Waals surface area contributed by atoms with Gasteiger partial charge in [-0.15, -0.1) is 10.2 Å². The van der Waals surface area contributed by atoms with Gasteiger partial charge in [-0.1, -0.05) is 23.1 Å². The van der Waals surface area contributed by atoms with Crippen LogP contribution in [-0.2, 0) is 6.54 Å². The van der Waals surface area contributed by atoms with E-state index in [0.717, 1.165) is 27.4 Å². The molecule has 0 unspecified atom stereocenters. The molecule has 0 radical (unpaired) electrons. The van der Waals surface area contributed by atoms with Crippen LogP contribution >= 0.6 is 23.1 Å². The zero-order chi connectivity index (χ0) is 16.6. The Bertz CT molecular complexity index is 732. The van der Waals surface area contributed by atoms with Gasteiger partial charge in [0.25, 0.3) is 0 Å². The second kappa shape index (κ2) is 8.70. The largest absolute Gasteiger partial charge is 0.494 e. The third kappa shape index (κ3) is 5.24. The molecule has 0 saturated heterocycles. The first-order valence-corrected chi connectivity index (χ1v) is 9.21. The minimum Gasteiger partial charge on any atom is -0.494 e. The van der Waals surface area contributed by atoms with Crippen LogP contribution < -0.4 is 10.1 Å². The molecule has 3 rings (SSSR count). The predicted molar refractivity (Wildman–Crippen MR) is 93.2 cm³/mol. The summed E-state index contributed by atoms with van der Waals surface area (Å²) in [6.45, 7) is 1.18. The van der Waals surface area contributed by atoms with Crippen LogP contribution in [0.2, 0.25) is 0 Å². The molecule has 2 aromatic heterocycles. The van der Waals surface area contributed by atoms with E-state index < -0.39 is 0 Å². The summed E-state index contributed by atoms with van der Waals surface area (Å²) in [7, 11) is 0. The number of ether oxygens (including phenoxy) is 1. The number of anilines is 1. The maximum Gasteiger partial charge on any atom is 0.206 e. The van der Waals surface area contributed by atoms with E-state index in [4.69, 9.17) is 9.15 Å². The van der Waals surface area contributed by atoms with Crippen molar-refractivity contribution in [2.24, 2.45) is 0 Å². The number of aromatic nitrogens is 2. The SMILES string of the molecule is Fc1ccc(OCCCSc2nnc(NCc3ccco3)s2)cc1. The van der Waals surface area contributed by atoms with Crippen LogP contribution in [-0.4, -0.2) is 22.6 Å². The van der Waals surface area contributed by atoms with Crippen LogP contribution in [0.1, 0.15) is 12.2 Å². The van der Waals surface area contributed by atoms with Gasteiger partial charge in [0.1, 0.15) is 17.3 Å². The van der Waals surface area contributed by atoms with Crippen molar-refractivity contribution in [1.82, 2.24) is 10.2 Å². The highest BCUT2D eigenvalue weighted by molar-refractivity contribution is 8.01. The zero-order valence-electron chi connectivity index (χ0n) is 12.8. The number of furan rings is 1. The smallest absolute Gasteiger partial charge is 0.206 e. The average Bonchev–Trinajstić information content (AvgIpc) is 3.26. The molecule has 1 N–H and O–H groups in total. The van der Waals surface area contributed by atoms with Gasteiger partial charge in [0.2, 0.25) is 5.13 Å². The summed E-state index contributed by atoms with van der Waals surface area (Å²) in [5.41, 5.74) is 0. The van der Waals surface area contributed by atoms with Crippen LogP contribution in [0.4, 0.5) is 9.52 Å². The summed E-state index contributed by atoms with van der Waals surface area (Å²) >= 11 is 3.16. The second-order valence-electron chi connectivity index (χ2n) is 4.81. The Kier molecular flexibility index (Phi) is 6.08. The number of rotatable bonds is 9. The third-order valence-electron chi connectivity index (χ3n) is 3.00. The summed E-state index contributed by atoms with van der Waals surface area (Å²) in [6.07, 6.45) is 2.52. The maximum absolute atomic E-state index is 12.8. The van der Waals surface area contributed by atoms with Crippen molar-refractivity contribution < 1.29 is 13.5 Å². The number of hydrogen-bond acceptors (Lipinski definition) is 7. The molecule has 0 saturated carbocycles. The van der Waals surface area contributed by atoms with Gasteiger partial charge in [-0.25, -0.2) is 4.39 Å². The molecule has 126 valence electrons. The Balaban J connectivity index is 1.32. The Morgan fingerprint density at radius 3 is 2.88 bits per heavy atom. The number of benzene rings is 1. The van der Waals surface area contributed by atoms with Crippen molar-refractivity contribution in [3.8, 4) is 5.75 Å². The lowest BCUT2D eigenvalue weighted by Crippen LogP contribution is -1.98. The van der Waals surface area contributed by atoms with Crippen molar-refractivity contribution in [3.05, 3.63) is 54.2 Å².